The Balaban J connectivity index is 1.62. The van der Waals surface area contributed by atoms with E-state index < -0.39 is 5.97 Å². The van der Waals surface area contributed by atoms with Gasteiger partial charge in [0.2, 0.25) is 0 Å². The number of unbranched alkanes of at least 4 members (excludes halogenated alkanes) is 4. The zero-order valence-electron chi connectivity index (χ0n) is 18.8. The Bertz CT molecular complexity index is 871. The Morgan fingerprint density at radius 1 is 0.875 bits per heavy atom. The first-order valence-corrected chi connectivity index (χ1v) is 11.2. The molecule has 2 rings (SSSR count). The first-order valence-electron chi connectivity index (χ1n) is 11.2. The zero-order chi connectivity index (χ0) is 23.2. The lowest BCUT2D eigenvalue weighted by atomic mass is 10.1. The van der Waals surface area contributed by atoms with Gasteiger partial charge in [0.15, 0.2) is 5.78 Å². The van der Waals surface area contributed by atoms with Gasteiger partial charge in [0, 0.05) is 17.8 Å². The first kappa shape index (κ1) is 25.0. The van der Waals surface area contributed by atoms with E-state index in [-0.39, 0.29) is 12.4 Å². The second kappa shape index (κ2) is 13.9. The second-order valence-electron chi connectivity index (χ2n) is 7.76. The van der Waals surface area contributed by atoms with Gasteiger partial charge in [-0.1, -0.05) is 44.4 Å². The number of anilines is 2. The molecule has 0 saturated heterocycles. The predicted molar refractivity (Wildman–Crippen MR) is 130 cm³/mol. The highest BCUT2D eigenvalue weighted by Crippen LogP contribution is 2.16. The first-order chi connectivity index (χ1) is 15.5. The van der Waals surface area contributed by atoms with Crippen LogP contribution in [0, 0.1) is 0 Å². The molecule has 0 spiro atoms. The molecule has 0 saturated carbocycles. The highest BCUT2D eigenvalue weighted by molar-refractivity contribution is 5.93. The van der Waals surface area contributed by atoms with E-state index in [0.29, 0.717) is 36.2 Å². The number of allylic oxidation sites excluding steroid dienone is 1. The van der Waals surface area contributed by atoms with Crippen molar-refractivity contribution in [2.24, 2.45) is 0 Å². The normalized spacial score (nSPS) is 10.9. The van der Waals surface area contributed by atoms with Crippen molar-refractivity contribution in [2.75, 3.05) is 24.7 Å². The lowest BCUT2D eigenvalue weighted by Gasteiger charge is -2.06. The van der Waals surface area contributed by atoms with Gasteiger partial charge in [-0.25, -0.2) is 4.79 Å². The molecule has 0 aliphatic carbocycles. The molecular weight excluding hydrogens is 404 g/mol. The Labute approximate surface area is 190 Å². The molecule has 0 bridgehead atoms. The van der Waals surface area contributed by atoms with Crippen LogP contribution in [0.25, 0.3) is 6.08 Å². The molecule has 0 aliphatic heterocycles. The van der Waals surface area contributed by atoms with Gasteiger partial charge < -0.3 is 20.9 Å². The fourth-order valence-corrected chi connectivity index (χ4v) is 3.11. The quantitative estimate of drug-likeness (QED) is 0.177. The van der Waals surface area contributed by atoms with Crippen molar-refractivity contribution in [3.8, 4) is 5.75 Å². The number of ether oxygens (including phenoxy) is 2. The number of rotatable bonds is 14. The maximum absolute atomic E-state index is 12.1. The van der Waals surface area contributed by atoms with Crippen molar-refractivity contribution >= 4 is 29.2 Å². The Morgan fingerprint density at radius 3 is 2.25 bits per heavy atom. The largest absolute Gasteiger partial charge is 0.494 e. The van der Waals surface area contributed by atoms with E-state index in [4.69, 9.17) is 20.9 Å². The van der Waals surface area contributed by atoms with Crippen LogP contribution in [0.2, 0.25) is 0 Å². The van der Waals surface area contributed by atoms with E-state index in [1.54, 1.807) is 18.2 Å². The number of nitrogens with two attached hydrogens (primary N) is 2. The number of benzene rings is 2. The molecule has 0 fully saturated rings. The van der Waals surface area contributed by atoms with Crippen LogP contribution in [0.3, 0.4) is 0 Å². The number of ketones is 1. The molecule has 4 N–H and O–H groups in total. The van der Waals surface area contributed by atoms with E-state index in [1.165, 1.54) is 31.4 Å². The summed E-state index contributed by atoms with van der Waals surface area (Å²) < 4.78 is 10.9. The number of carbonyl (C=O) groups is 2. The SMILES string of the molecule is CCCCCCOc1ccc(/C=C/C(=O)CCCCOC(=O)c2cc(N)cc(N)c2)cc1. The minimum absolute atomic E-state index is 0.0381. The topological polar surface area (TPSA) is 105 Å². The number of hydrogen-bond donors (Lipinski definition) is 2. The van der Waals surface area contributed by atoms with Crippen molar-refractivity contribution in [3.63, 3.8) is 0 Å². The van der Waals surface area contributed by atoms with Crippen LogP contribution in [-0.4, -0.2) is 25.0 Å². The third kappa shape index (κ3) is 9.69. The van der Waals surface area contributed by atoms with Crippen molar-refractivity contribution in [2.45, 2.75) is 51.9 Å². The fraction of sp³-hybridized carbons (Fsp3) is 0.385. The lowest BCUT2D eigenvalue weighted by Crippen LogP contribution is -2.08. The minimum atomic E-state index is -0.469. The van der Waals surface area contributed by atoms with Gasteiger partial charge in [-0.05, 0) is 61.2 Å². The Morgan fingerprint density at radius 2 is 1.56 bits per heavy atom. The summed E-state index contributed by atoms with van der Waals surface area (Å²) in [5.41, 5.74) is 13.5. The summed E-state index contributed by atoms with van der Waals surface area (Å²) in [7, 11) is 0. The zero-order valence-corrected chi connectivity index (χ0v) is 18.8. The van der Waals surface area contributed by atoms with E-state index in [0.717, 1.165) is 24.3 Å². The summed E-state index contributed by atoms with van der Waals surface area (Å²) in [5.74, 6) is 0.417. The molecule has 0 radical (unpaired) electrons. The third-order valence-corrected chi connectivity index (χ3v) is 4.87. The standard InChI is InChI=1S/C26H34N2O4/c1-2-3-4-6-15-31-25-13-10-20(11-14-25)9-12-24(29)8-5-7-16-32-26(30)21-17-22(27)19-23(28)18-21/h9-14,17-19H,2-8,15-16,27-28H2,1H3/b12-9+. The molecule has 2 aromatic rings. The number of hydrogen-bond acceptors (Lipinski definition) is 6. The Hall–Kier alpha value is -3.28. The maximum atomic E-state index is 12.1. The highest BCUT2D eigenvalue weighted by Gasteiger charge is 2.08. The molecule has 6 heteroatoms. The molecule has 0 unspecified atom stereocenters. The van der Waals surface area contributed by atoms with E-state index in [1.807, 2.05) is 24.3 Å². The van der Waals surface area contributed by atoms with Crippen LogP contribution in [-0.2, 0) is 9.53 Å². The summed E-state index contributed by atoms with van der Waals surface area (Å²) in [6.45, 7) is 3.16. The van der Waals surface area contributed by atoms with Crippen molar-refractivity contribution in [3.05, 3.63) is 59.7 Å². The van der Waals surface area contributed by atoms with Gasteiger partial charge >= 0.3 is 5.97 Å². The van der Waals surface area contributed by atoms with Gasteiger partial charge in [0.1, 0.15) is 5.75 Å². The average Bonchev–Trinajstić information content (AvgIpc) is 2.77. The molecule has 0 amide bonds. The van der Waals surface area contributed by atoms with Crippen molar-refractivity contribution in [1.29, 1.82) is 0 Å². The van der Waals surface area contributed by atoms with E-state index in [2.05, 4.69) is 6.92 Å². The third-order valence-electron chi connectivity index (χ3n) is 4.87. The molecule has 2 aromatic carbocycles. The van der Waals surface area contributed by atoms with Gasteiger partial charge in [-0.2, -0.15) is 0 Å². The van der Waals surface area contributed by atoms with Crippen LogP contribution >= 0.6 is 0 Å². The molecule has 0 aliphatic rings. The lowest BCUT2D eigenvalue weighted by molar-refractivity contribution is -0.114. The smallest absolute Gasteiger partial charge is 0.338 e. The molecule has 32 heavy (non-hydrogen) atoms. The number of esters is 1. The van der Waals surface area contributed by atoms with Gasteiger partial charge in [-0.15, -0.1) is 0 Å². The fourth-order valence-electron chi connectivity index (χ4n) is 3.11. The monoisotopic (exact) mass is 438 g/mol. The summed E-state index contributed by atoms with van der Waals surface area (Å²) >= 11 is 0. The second-order valence-corrected chi connectivity index (χ2v) is 7.76. The summed E-state index contributed by atoms with van der Waals surface area (Å²) in [6.07, 6.45) is 9.75. The van der Waals surface area contributed by atoms with Gasteiger partial charge in [0.05, 0.1) is 18.8 Å². The average molecular weight is 439 g/mol. The molecule has 0 aromatic heterocycles. The predicted octanol–water partition coefficient (Wildman–Crippen LogP) is 5.42. The van der Waals surface area contributed by atoms with Crippen molar-refractivity contribution < 1.29 is 19.1 Å². The Kier molecular flexibility index (Phi) is 10.9. The van der Waals surface area contributed by atoms with Crippen LogP contribution < -0.4 is 16.2 Å². The van der Waals surface area contributed by atoms with Crippen LogP contribution in [0.1, 0.15) is 67.8 Å². The van der Waals surface area contributed by atoms with E-state index in [9.17, 15) is 9.59 Å². The van der Waals surface area contributed by atoms with Crippen LogP contribution in [0.4, 0.5) is 11.4 Å². The van der Waals surface area contributed by atoms with Gasteiger partial charge in [0.25, 0.3) is 0 Å². The summed E-state index contributed by atoms with van der Waals surface area (Å²) in [4.78, 5) is 24.1. The number of nitrogen functional groups attached to an aromatic ring is 2. The minimum Gasteiger partial charge on any atom is -0.494 e. The van der Waals surface area contributed by atoms with Crippen LogP contribution in [0.15, 0.2) is 48.5 Å². The molecule has 0 heterocycles. The number of carbonyl (C=O) groups excluding carboxylic acids is 2. The summed E-state index contributed by atoms with van der Waals surface area (Å²) in [5, 5.41) is 0. The summed E-state index contributed by atoms with van der Waals surface area (Å²) in [6, 6.07) is 12.4. The highest BCUT2D eigenvalue weighted by atomic mass is 16.5. The van der Waals surface area contributed by atoms with E-state index >= 15 is 0 Å². The molecular formula is C26H34N2O4. The molecule has 172 valence electrons. The molecule has 0 atom stereocenters. The maximum Gasteiger partial charge on any atom is 0.338 e. The van der Waals surface area contributed by atoms with Crippen LogP contribution in [0.5, 0.6) is 5.75 Å². The van der Waals surface area contributed by atoms with Gasteiger partial charge in [-0.3, -0.25) is 4.79 Å². The van der Waals surface area contributed by atoms with Crippen molar-refractivity contribution in [1.82, 2.24) is 0 Å². The molecule has 6 nitrogen and oxygen atoms in total.